The lowest BCUT2D eigenvalue weighted by Crippen LogP contribution is -2.31. The fraction of sp³-hybridized carbons (Fsp3) is 0.500. The molecule has 0 saturated heterocycles. The zero-order chi connectivity index (χ0) is 13.8. The Morgan fingerprint density at radius 2 is 1.90 bits per heavy atom. The molecule has 20 heavy (non-hydrogen) atoms. The van der Waals surface area contributed by atoms with Gasteiger partial charge >= 0.3 is 0 Å². The number of carbonyl (C=O) groups is 1. The van der Waals surface area contributed by atoms with Gasteiger partial charge in [0.1, 0.15) is 11.6 Å². The van der Waals surface area contributed by atoms with E-state index in [1.807, 2.05) is 0 Å². The third-order valence-electron chi connectivity index (χ3n) is 3.58. The van der Waals surface area contributed by atoms with Gasteiger partial charge in [0.25, 0.3) is 0 Å². The molecule has 0 heterocycles. The summed E-state index contributed by atoms with van der Waals surface area (Å²) in [5.74, 6) is -1.17. The molecule has 2 rings (SSSR count). The SMILES string of the molecule is Cl.N[C@@H]1CCC[C@H]1CC(=O)NCc1cc(F)cc(F)c1. The Hall–Kier alpha value is -1.20. The van der Waals surface area contributed by atoms with Crippen LogP contribution in [-0.2, 0) is 11.3 Å². The van der Waals surface area contributed by atoms with Gasteiger partial charge in [-0.1, -0.05) is 6.42 Å². The first kappa shape index (κ1) is 16.9. The molecule has 0 spiro atoms. The van der Waals surface area contributed by atoms with Crippen molar-refractivity contribution < 1.29 is 13.6 Å². The van der Waals surface area contributed by atoms with E-state index in [2.05, 4.69) is 5.32 Å². The minimum atomic E-state index is -0.637. The lowest BCUT2D eigenvalue weighted by molar-refractivity contribution is -0.122. The van der Waals surface area contributed by atoms with E-state index in [-0.39, 0.29) is 36.8 Å². The van der Waals surface area contributed by atoms with Gasteiger partial charge in [-0.2, -0.15) is 0 Å². The van der Waals surface area contributed by atoms with Gasteiger partial charge in [-0.05, 0) is 36.5 Å². The maximum absolute atomic E-state index is 13.0. The highest BCUT2D eigenvalue weighted by Gasteiger charge is 2.25. The molecule has 6 heteroatoms. The molecule has 1 aliphatic carbocycles. The number of rotatable bonds is 4. The van der Waals surface area contributed by atoms with Crippen molar-refractivity contribution in [3.05, 3.63) is 35.4 Å². The molecule has 3 nitrogen and oxygen atoms in total. The Kier molecular flexibility index (Phi) is 6.36. The van der Waals surface area contributed by atoms with Gasteiger partial charge < -0.3 is 11.1 Å². The van der Waals surface area contributed by atoms with E-state index in [1.54, 1.807) is 0 Å². The van der Waals surface area contributed by atoms with Crippen molar-refractivity contribution in [2.45, 2.75) is 38.3 Å². The van der Waals surface area contributed by atoms with Gasteiger partial charge in [-0.3, -0.25) is 4.79 Å². The fourth-order valence-electron chi connectivity index (χ4n) is 2.54. The molecule has 0 unspecified atom stereocenters. The van der Waals surface area contributed by atoms with Crippen LogP contribution in [0.15, 0.2) is 18.2 Å². The molecule has 0 bridgehead atoms. The highest BCUT2D eigenvalue weighted by atomic mass is 35.5. The van der Waals surface area contributed by atoms with Crippen LogP contribution >= 0.6 is 12.4 Å². The van der Waals surface area contributed by atoms with Crippen LogP contribution in [0.2, 0.25) is 0 Å². The molecule has 1 amide bonds. The Balaban J connectivity index is 0.00000200. The second kappa shape index (κ2) is 7.55. The first-order chi connectivity index (χ1) is 9.04. The van der Waals surface area contributed by atoms with Crippen LogP contribution in [0.1, 0.15) is 31.2 Å². The van der Waals surface area contributed by atoms with Gasteiger partial charge in [-0.25, -0.2) is 8.78 Å². The van der Waals surface area contributed by atoms with E-state index in [4.69, 9.17) is 5.73 Å². The van der Waals surface area contributed by atoms with Gasteiger partial charge in [0, 0.05) is 25.1 Å². The topological polar surface area (TPSA) is 55.1 Å². The lowest BCUT2D eigenvalue weighted by Gasteiger charge is -2.14. The summed E-state index contributed by atoms with van der Waals surface area (Å²) < 4.78 is 25.9. The lowest BCUT2D eigenvalue weighted by atomic mass is 10.00. The third kappa shape index (κ3) is 4.72. The van der Waals surface area contributed by atoms with Gasteiger partial charge in [0.15, 0.2) is 0 Å². The number of halogens is 3. The first-order valence-electron chi connectivity index (χ1n) is 6.52. The van der Waals surface area contributed by atoms with Crippen LogP contribution in [-0.4, -0.2) is 11.9 Å². The van der Waals surface area contributed by atoms with Crippen LogP contribution < -0.4 is 11.1 Å². The summed E-state index contributed by atoms with van der Waals surface area (Å²) in [5, 5.41) is 2.67. The van der Waals surface area contributed by atoms with Gasteiger partial charge in [0.2, 0.25) is 5.91 Å². The number of benzene rings is 1. The van der Waals surface area contributed by atoms with Crippen molar-refractivity contribution in [3.63, 3.8) is 0 Å². The number of amides is 1. The molecule has 1 fully saturated rings. The average molecular weight is 305 g/mol. The van der Waals surface area contributed by atoms with Crippen LogP contribution in [0, 0.1) is 17.6 Å². The zero-order valence-corrected chi connectivity index (χ0v) is 11.9. The quantitative estimate of drug-likeness (QED) is 0.898. The van der Waals surface area contributed by atoms with E-state index in [1.165, 1.54) is 12.1 Å². The molecule has 1 saturated carbocycles. The summed E-state index contributed by atoms with van der Waals surface area (Å²) in [7, 11) is 0. The summed E-state index contributed by atoms with van der Waals surface area (Å²) >= 11 is 0. The molecule has 0 radical (unpaired) electrons. The second-order valence-corrected chi connectivity index (χ2v) is 5.11. The number of hydrogen-bond acceptors (Lipinski definition) is 2. The van der Waals surface area contributed by atoms with Crippen molar-refractivity contribution in [3.8, 4) is 0 Å². The molecule has 1 aromatic rings. The maximum atomic E-state index is 13.0. The highest BCUT2D eigenvalue weighted by Crippen LogP contribution is 2.26. The number of nitrogens with one attached hydrogen (secondary N) is 1. The first-order valence-corrected chi connectivity index (χ1v) is 6.52. The normalized spacial score (nSPS) is 21.4. The largest absolute Gasteiger partial charge is 0.352 e. The minimum absolute atomic E-state index is 0. The molecule has 2 atom stereocenters. The smallest absolute Gasteiger partial charge is 0.220 e. The summed E-state index contributed by atoms with van der Waals surface area (Å²) in [6, 6.07) is 3.33. The van der Waals surface area contributed by atoms with Gasteiger partial charge in [0.05, 0.1) is 0 Å². The van der Waals surface area contributed by atoms with Crippen LogP contribution in [0.4, 0.5) is 8.78 Å². The summed E-state index contributed by atoms with van der Waals surface area (Å²) in [5.41, 5.74) is 6.31. The molecular weight excluding hydrogens is 286 g/mol. The molecule has 1 aromatic carbocycles. The predicted octanol–water partition coefficient (Wildman–Crippen LogP) is 2.52. The molecule has 112 valence electrons. The van der Waals surface area contributed by atoms with E-state index < -0.39 is 11.6 Å². The van der Waals surface area contributed by atoms with Crippen molar-refractivity contribution in [1.82, 2.24) is 5.32 Å². The van der Waals surface area contributed by atoms with Crippen molar-refractivity contribution in [1.29, 1.82) is 0 Å². The second-order valence-electron chi connectivity index (χ2n) is 5.11. The average Bonchev–Trinajstić information content (AvgIpc) is 2.71. The summed E-state index contributed by atoms with van der Waals surface area (Å²) in [6.45, 7) is 0.134. The highest BCUT2D eigenvalue weighted by molar-refractivity contribution is 5.85. The molecule has 3 N–H and O–H groups in total. The van der Waals surface area contributed by atoms with Gasteiger partial charge in [-0.15, -0.1) is 12.4 Å². The van der Waals surface area contributed by atoms with Crippen LogP contribution in [0.5, 0.6) is 0 Å². The van der Waals surface area contributed by atoms with E-state index >= 15 is 0 Å². The van der Waals surface area contributed by atoms with E-state index in [0.717, 1.165) is 25.3 Å². The fourth-order valence-corrected chi connectivity index (χ4v) is 2.54. The van der Waals surface area contributed by atoms with Crippen LogP contribution in [0.3, 0.4) is 0 Å². The summed E-state index contributed by atoms with van der Waals surface area (Å²) in [6.07, 6.45) is 3.39. The molecule has 1 aliphatic rings. The van der Waals surface area contributed by atoms with Crippen molar-refractivity contribution >= 4 is 18.3 Å². The Morgan fingerprint density at radius 1 is 1.25 bits per heavy atom. The number of nitrogens with two attached hydrogens (primary N) is 1. The molecule has 0 aliphatic heterocycles. The predicted molar refractivity (Wildman–Crippen MR) is 75.4 cm³/mol. The Labute approximate surface area is 123 Å². The minimum Gasteiger partial charge on any atom is -0.352 e. The standard InChI is InChI=1S/C14H18F2N2O.ClH/c15-11-4-9(5-12(16)7-11)8-18-14(19)6-10-2-1-3-13(10)17;/h4-5,7,10,13H,1-3,6,8,17H2,(H,18,19);1H/t10-,13+;/m0./s1. The van der Waals surface area contributed by atoms with E-state index in [0.29, 0.717) is 12.0 Å². The zero-order valence-electron chi connectivity index (χ0n) is 11.1. The molecular formula is C14H19ClF2N2O. The van der Waals surface area contributed by atoms with Crippen molar-refractivity contribution in [2.75, 3.05) is 0 Å². The Morgan fingerprint density at radius 3 is 2.45 bits per heavy atom. The monoisotopic (exact) mass is 304 g/mol. The Bertz CT molecular complexity index is 450. The number of hydrogen-bond donors (Lipinski definition) is 2. The van der Waals surface area contributed by atoms with E-state index in [9.17, 15) is 13.6 Å². The van der Waals surface area contributed by atoms with Crippen LogP contribution in [0.25, 0.3) is 0 Å². The van der Waals surface area contributed by atoms with Crippen molar-refractivity contribution in [2.24, 2.45) is 11.7 Å². The number of carbonyl (C=O) groups excluding carboxylic acids is 1. The third-order valence-corrected chi connectivity index (χ3v) is 3.58. The maximum Gasteiger partial charge on any atom is 0.220 e. The summed E-state index contributed by atoms with van der Waals surface area (Å²) in [4.78, 5) is 11.7. The molecule has 0 aromatic heterocycles.